The molecule has 0 bridgehead atoms. The van der Waals surface area contributed by atoms with Crippen molar-refractivity contribution in [1.82, 2.24) is 0 Å². The fourth-order valence-corrected chi connectivity index (χ4v) is 2.47. The maximum Gasteiger partial charge on any atom is 0.516 e. The van der Waals surface area contributed by atoms with Crippen LogP contribution >= 0.6 is 0 Å². The van der Waals surface area contributed by atoms with E-state index in [0.29, 0.717) is 12.4 Å². The molecule has 1 rings (SSSR count). The molecule has 0 aromatic heterocycles. The van der Waals surface area contributed by atoms with Crippen molar-refractivity contribution < 1.29 is 26.3 Å². The number of hydrogen-bond acceptors (Lipinski definition) is 3. The van der Waals surface area contributed by atoms with Gasteiger partial charge in [0.25, 0.3) is 0 Å². The third-order valence-corrected chi connectivity index (χ3v) is 4.29. The number of rotatable bonds is 10. The fourth-order valence-electron chi connectivity index (χ4n) is 1.90. The van der Waals surface area contributed by atoms with Crippen molar-refractivity contribution in [2.75, 3.05) is 11.3 Å². The average molecular weight is 353 g/mol. The van der Waals surface area contributed by atoms with Crippen LogP contribution in [0.1, 0.15) is 45.4 Å². The quantitative estimate of drug-likeness (QED) is 0.621. The molecule has 1 aromatic carbocycles. The summed E-state index contributed by atoms with van der Waals surface area (Å²) in [5.41, 5.74) is -5.49. The molecule has 0 heterocycles. The Kier molecular flexibility index (Phi) is 7.67. The summed E-state index contributed by atoms with van der Waals surface area (Å²) in [7, 11) is -5.39. The van der Waals surface area contributed by atoms with Gasteiger partial charge in [-0.25, -0.2) is 0 Å². The van der Waals surface area contributed by atoms with E-state index in [4.69, 9.17) is 4.74 Å². The van der Waals surface area contributed by atoms with Crippen molar-refractivity contribution in [3.05, 3.63) is 24.3 Å². The molecule has 0 atom stereocenters. The lowest BCUT2D eigenvalue weighted by molar-refractivity contribution is -0.0429. The molecule has 0 aliphatic heterocycles. The van der Waals surface area contributed by atoms with E-state index in [1.165, 1.54) is 48.3 Å². The number of unbranched alkanes of at least 4 members (excludes halogenated alkanes) is 5. The van der Waals surface area contributed by atoms with Gasteiger partial charge < -0.3 is 4.74 Å². The van der Waals surface area contributed by atoms with Gasteiger partial charge in [0, 0.05) is 5.69 Å². The number of benzene rings is 1. The van der Waals surface area contributed by atoms with Gasteiger partial charge in [-0.15, -0.1) is 0 Å². The van der Waals surface area contributed by atoms with Gasteiger partial charge in [0.1, 0.15) is 5.75 Å². The van der Waals surface area contributed by atoms with Gasteiger partial charge >= 0.3 is 15.5 Å². The maximum atomic E-state index is 12.2. The number of ether oxygens (including phenoxy) is 1. The lowest BCUT2D eigenvalue weighted by atomic mass is 10.1. The first-order valence-corrected chi connectivity index (χ1v) is 9.06. The maximum absolute atomic E-state index is 12.2. The van der Waals surface area contributed by atoms with E-state index in [1.54, 1.807) is 0 Å². The molecule has 0 aliphatic carbocycles. The highest BCUT2D eigenvalue weighted by Crippen LogP contribution is 2.26. The van der Waals surface area contributed by atoms with Gasteiger partial charge in [0.05, 0.1) is 6.61 Å². The van der Waals surface area contributed by atoms with E-state index in [0.717, 1.165) is 19.3 Å². The summed E-state index contributed by atoms with van der Waals surface area (Å²) in [6.45, 7) is 2.68. The Bertz CT molecular complexity index is 556. The van der Waals surface area contributed by atoms with Crippen LogP contribution in [-0.4, -0.2) is 20.5 Å². The van der Waals surface area contributed by atoms with Crippen LogP contribution in [0.15, 0.2) is 24.3 Å². The molecular formula is C15H22F3NO3S. The molecule has 23 heavy (non-hydrogen) atoms. The minimum atomic E-state index is -5.39. The Hall–Kier alpha value is -1.44. The SMILES string of the molecule is CCCCCCCCOc1ccc(NS(=O)(=O)C(F)(F)F)cc1. The summed E-state index contributed by atoms with van der Waals surface area (Å²) in [5, 5.41) is 0. The average Bonchev–Trinajstić information content (AvgIpc) is 2.46. The molecule has 0 unspecified atom stereocenters. The second kappa shape index (κ2) is 9.00. The number of sulfonamides is 1. The van der Waals surface area contributed by atoms with Gasteiger partial charge in [-0.2, -0.15) is 21.6 Å². The largest absolute Gasteiger partial charge is 0.516 e. The number of alkyl halides is 3. The summed E-state index contributed by atoms with van der Waals surface area (Å²) >= 11 is 0. The molecular weight excluding hydrogens is 331 g/mol. The first-order chi connectivity index (χ1) is 10.8. The number of nitrogens with one attached hydrogen (secondary N) is 1. The van der Waals surface area contributed by atoms with Crippen LogP contribution in [0.3, 0.4) is 0 Å². The van der Waals surface area contributed by atoms with Gasteiger partial charge in [-0.1, -0.05) is 39.0 Å². The van der Waals surface area contributed by atoms with E-state index >= 15 is 0 Å². The van der Waals surface area contributed by atoms with Crippen molar-refractivity contribution in [2.45, 2.75) is 51.0 Å². The van der Waals surface area contributed by atoms with Crippen LogP contribution < -0.4 is 9.46 Å². The van der Waals surface area contributed by atoms with E-state index in [-0.39, 0.29) is 5.69 Å². The molecule has 0 radical (unpaired) electrons. The Morgan fingerprint density at radius 1 is 1.00 bits per heavy atom. The summed E-state index contributed by atoms with van der Waals surface area (Å²) < 4.78 is 65.6. The zero-order chi connectivity index (χ0) is 17.3. The van der Waals surface area contributed by atoms with Crippen LogP contribution in [0.5, 0.6) is 5.75 Å². The van der Waals surface area contributed by atoms with Gasteiger partial charge in [0.2, 0.25) is 0 Å². The molecule has 8 heteroatoms. The minimum absolute atomic E-state index is 0.158. The zero-order valence-corrected chi connectivity index (χ0v) is 13.8. The topological polar surface area (TPSA) is 55.4 Å². The van der Waals surface area contributed by atoms with Gasteiger partial charge in [-0.05, 0) is 30.7 Å². The number of anilines is 1. The predicted molar refractivity (Wildman–Crippen MR) is 83.9 cm³/mol. The van der Waals surface area contributed by atoms with Crippen molar-refractivity contribution in [1.29, 1.82) is 0 Å². The molecule has 0 aliphatic rings. The Balaban J connectivity index is 2.37. The van der Waals surface area contributed by atoms with Crippen LogP contribution in [0, 0.1) is 0 Å². The monoisotopic (exact) mass is 353 g/mol. The standard InChI is InChI=1S/C15H22F3NO3S/c1-2-3-4-5-6-7-12-22-14-10-8-13(9-11-14)19-23(20,21)15(16,17)18/h8-11,19H,2-7,12H2,1H3. The normalized spacial score (nSPS) is 12.2. The van der Waals surface area contributed by atoms with Crippen LogP contribution in [-0.2, 0) is 10.0 Å². The summed E-state index contributed by atoms with van der Waals surface area (Å²) in [6, 6.07) is 5.34. The third kappa shape index (κ3) is 7.11. The summed E-state index contributed by atoms with van der Waals surface area (Å²) in [6.07, 6.45) is 6.78. The molecule has 132 valence electrons. The summed E-state index contributed by atoms with van der Waals surface area (Å²) in [5.74, 6) is 0.494. The van der Waals surface area contributed by atoms with Crippen molar-refractivity contribution >= 4 is 15.7 Å². The predicted octanol–water partition coefficient (Wildman–Crippen LogP) is 4.69. The molecule has 4 nitrogen and oxygen atoms in total. The number of hydrogen-bond donors (Lipinski definition) is 1. The zero-order valence-electron chi connectivity index (χ0n) is 13.0. The Morgan fingerprint density at radius 3 is 2.13 bits per heavy atom. The number of halogens is 3. The molecule has 0 spiro atoms. The van der Waals surface area contributed by atoms with E-state index < -0.39 is 15.5 Å². The molecule has 0 saturated heterocycles. The molecule has 0 fully saturated rings. The minimum Gasteiger partial charge on any atom is -0.494 e. The first kappa shape index (κ1) is 19.6. The Labute approximate surface area is 135 Å². The highest BCUT2D eigenvalue weighted by molar-refractivity contribution is 7.93. The second-order valence-corrected chi connectivity index (χ2v) is 6.87. The van der Waals surface area contributed by atoms with E-state index in [2.05, 4.69) is 6.92 Å². The van der Waals surface area contributed by atoms with Crippen LogP contribution in [0.2, 0.25) is 0 Å². The Morgan fingerprint density at radius 2 is 1.57 bits per heavy atom. The van der Waals surface area contributed by atoms with Crippen LogP contribution in [0.4, 0.5) is 18.9 Å². The smallest absolute Gasteiger partial charge is 0.494 e. The van der Waals surface area contributed by atoms with Crippen molar-refractivity contribution in [3.8, 4) is 5.75 Å². The highest BCUT2D eigenvalue weighted by Gasteiger charge is 2.45. The fraction of sp³-hybridized carbons (Fsp3) is 0.600. The molecule has 0 saturated carbocycles. The van der Waals surface area contributed by atoms with Gasteiger partial charge in [-0.3, -0.25) is 4.72 Å². The molecule has 1 aromatic rings. The van der Waals surface area contributed by atoms with Crippen LogP contribution in [0.25, 0.3) is 0 Å². The van der Waals surface area contributed by atoms with Crippen molar-refractivity contribution in [3.63, 3.8) is 0 Å². The van der Waals surface area contributed by atoms with E-state index in [1.807, 2.05) is 0 Å². The van der Waals surface area contributed by atoms with Gasteiger partial charge in [0.15, 0.2) is 0 Å². The van der Waals surface area contributed by atoms with E-state index in [9.17, 15) is 21.6 Å². The molecule has 0 amide bonds. The summed E-state index contributed by atoms with van der Waals surface area (Å²) in [4.78, 5) is 0. The lowest BCUT2D eigenvalue weighted by Crippen LogP contribution is -2.29. The first-order valence-electron chi connectivity index (χ1n) is 7.58. The molecule has 1 N–H and O–H groups in total. The second-order valence-electron chi connectivity index (χ2n) is 5.19. The highest BCUT2D eigenvalue weighted by atomic mass is 32.2. The third-order valence-electron chi connectivity index (χ3n) is 3.18. The van der Waals surface area contributed by atoms with Crippen molar-refractivity contribution in [2.24, 2.45) is 0 Å². The lowest BCUT2D eigenvalue weighted by Gasteiger charge is -2.11.